The number of ether oxygens (including phenoxy) is 1. The molecule has 7 nitrogen and oxygen atoms in total. The van der Waals surface area contributed by atoms with Crippen LogP contribution >= 0.6 is 0 Å². The van der Waals surface area contributed by atoms with Crippen LogP contribution in [0.3, 0.4) is 0 Å². The molecule has 23 heavy (non-hydrogen) atoms. The molecule has 1 fully saturated rings. The number of benzene rings is 1. The average molecular weight is 311 g/mol. The van der Waals surface area contributed by atoms with E-state index in [1.165, 1.54) is 11.1 Å². The van der Waals surface area contributed by atoms with Gasteiger partial charge in [-0.25, -0.2) is 0 Å². The molecule has 1 unspecified atom stereocenters. The molecule has 3 heterocycles. The van der Waals surface area contributed by atoms with Gasteiger partial charge in [-0.3, -0.25) is 0 Å². The number of hydrogen-bond donors (Lipinski definition) is 2. The Balaban J connectivity index is 1.58. The van der Waals surface area contributed by atoms with E-state index in [0.29, 0.717) is 12.3 Å². The summed E-state index contributed by atoms with van der Waals surface area (Å²) in [7, 11) is 0. The van der Waals surface area contributed by atoms with Crippen molar-refractivity contribution < 1.29 is 9.94 Å². The topological polar surface area (TPSA) is 96.9 Å². The maximum atomic E-state index is 8.67. The van der Waals surface area contributed by atoms with Crippen LogP contribution in [0.2, 0.25) is 0 Å². The molecule has 0 aliphatic carbocycles. The summed E-state index contributed by atoms with van der Waals surface area (Å²) in [6, 6.07) is 11.9. The van der Waals surface area contributed by atoms with Crippen LogP contribution in [0.5, 0.6) is 0 Å². The van der Waals surface area contributed by atoms with Crippen LogP contribution in [0.15, 0.2) is 41.6 Å². The summed E-state index contributed by atoms with van der Waals surface area (Å²) >= 11 is 0. The van der Waals surface area contributed by atoms with Gasteiger partial charge in [-0.1, -0.05) is 29.4 Å². The number of rotatable bonds is 2. The summed E-state index contributed by atoms with van der Waals surface area (Å²) in [5.41, 5.74) is 8.16. The fourth-order valence-corrected chi connectivity index (χ4v) is 3.38. The van der Waals surface area contributed by atoms with E-state index in [2.05, 4.69) is 38.5 Å². The third-order valence-electron chi connectivity index (χ3n) is 4.59. The second-order valence-corrected chi connectivity index (χ2v) is 5.87. The minimum atomic E-state index is -0.247. The normalized spacial score (nSPS) is 23.5. The van der Waals surface area contributed by atoms with Crippen molar-refractivity contribution in [3.63, 3.8) is 0 Å². The molecule has 0 bridgehead atoms. The van der Waals surface area contributed by atoms with Crippen molar-refractivity contribution in [2.75, 3.05) is 18.0 Å². The van der Waals surface area contributed by atoms with Crippen molar-refractivity contribution in [3.05, 3.63) is 53.2 Å². The number of nitrogens with zero attached hydrogens (tertiary/aromatic N) is 4. The number of amidine groups is 1. The van der Waals surface area contributed by atoms with Crippen molar-refractivity contribution in [2.24, 2.45) is 10.9 Å². The molecule has 0 radical (unpaired) electrons. The summed E-state index contributed by atoms with van der Waals surface area (Å²) in [6.07, 6.45) is 0.924. The molecule has 118 valence electrons. The highest BCUT2D eigenvalue weighted by Crippen LogP contribution is 2.43. The van der Waals surface area contributed by atoms with Crippen LogP contribution in [0.1, 0.15) is 23.2 Å². The van der Waals surface area contributed by atoms with Crippen LogP contribution in [-0.2, 0) is 16.9 Å². The van der Waals surface area contributed by atoms with Gasteiger partial charge in [-0.05, 0) is 29.7 Å². The maximum absolute atomic E-state index is 8.67. The summed E-state index contributed by atoms with van der Waals surface area (Å²) in [5.74, 6) is 0.722. The second-order valence-electron chi connectivity index (χ2n) is 5.87. The van der Waals surface area contributed by atoms with Crippen LogP contribution < -0.4 is 10.6 Å². The Kier molecular flexibility index (Phi) is 3.16. The molecule has 1 spiro atoms. The third-order valence-corrected chi connectivity index (χ3v) is 4.59. The van der Waals surface area contributed by atoms with Gasteiger partial charge < -0.3 is 20.6 Å². The fraction of sp³-hybridized carbons (Fsp3) is 0.312. The van der Waals surface area contributed by atoms with E-state index >= 15 is 0 Å². The minimum absolute atomic E-state index is 0.0463. The minimum Gasteiger partial charge on any atom is -0.409 e. The first-order valence-electron chi connectivity index (χ1n) is 7.51. The van der Waals surface area contributed by atoms with Crippen molar-refractivity contribution in [3.8, 4) is 0 Å². The van der Waals surface area contributed by atoms with E-state index in [1.807, 2.05) is 12.1 Å². The van der Waals surface area contributed by atoms with Crippen LogP contribution in [0, 0.1) is 0 Å². The quantitative estimate of drug-likeness (QED) is 0.374. The molecular formula is C16H17N5O2. The van der Waals surface area contributed by atoms with E-state index in [1.54, 1.807) is 6.07 Å². The van der Waals surface area contributed by atoms with Gasteiger partial charge in [0.15, 0.2) is 11.7 Å². The van der Waals surface area contributed by atoms with Crippen LogP contribution in [0.4, 0.5) is 5.82 Å². The number of anilines is 1. The Morgan fingerprint density at radius 3 is 2.91 bits per heavy atom. The largest absolute Gasteiger partial charge is 0.409 e. The number of hydrogen-bond acceptors (Lipinski definition) is 6. The molecule has 1 saturated heterocycles. The van der Waals surface area contributed by atoms with Gasteiger partial charge in [0.05, 0.1) is 13.2 Å². The van der Waals surface area contributed by atoms with Gasteiger partial charge in [-0.2, -0.15) is 0 Å². The van der Waals surface area contributed by atoms with Crippen molar-refractivity contribution in [2.45, 2.75) is 18.6 Å². The van der Waals surface area contributed by atoms with Gasteiger partial charge in [0.2, 0.25) is 0 Å². The van der Waals surface area contributed by atoms with Gasteiger partial charge in [0, 0.05) is 6.54 Å². The van der Waals surface area contributed by atoms with Crippen LogP contribution in [-0.4, -0.2) is 34.3 Å². The molecule has 3 N–H and O–H groups in total. The third kappa shape index (κ3) is 2.20. The summed E-state index contributed by atoms with van der Waals surface area (Å²) in [6.45, 7) is 2.27. The monoisotopic (exact) mass is 311 g/mol. The first-order chi connectivity index (χ1) is 11.2. The Morgan fingerprint density at radius 1 is 1.26 bits per heavy atom. The highest BCUT2D eigenvalue weighted by molar-refractivity contribution is 5.95. The lowest BCUT2D eigenvalue weighted by molar-refractivity contribution is -0.0205. The van der Waals surface area contributed by atoms with E-state index < -0.39 is 0 Å². The van der Waals surface area contributed by atoms with Crippen molar-refractivity contribution in [1.82, 2.24) is 10.2 Å². The zero-order valence-electron chi connectivity index (χ0n) is 12.5. The van der Waals surface area contributed by atoms with Gasteiger partial charge in [0.25, 0.3) is 0 Å². The standard InChI is InChI=1S/C16H17N5O2/c17-15(20-22)13-5-6-14(19-18-13)21-8-7-16(10-21)12-4-2-1-3-11(12)9-23-16/h1-6,22H,7-10H2,(H2,17,20). The van der Waals surface area contributed by atoms with Gasteiger partial charge in [0.1, 0.15) is 11.3 Å². The molecule has 0 saturated carbocycles. The van der Waals surface area contributed by atoms with Gasteiger partial charge in [-0.15, -0.1) is 10.2 Å². The Morgan fingerprint density at radius 2 is 2.13 bits per heavy atom. The lowest BCUT2D eigenvalue weighted by atomic mass is 9.92. The molecule has 4 rings (SSSR count). The van der Waals surface area contributed by atoms with Crippen LogP contribution in [0.25, 0.3) is 0 Å². The number of fused-ring (bicyclic) bond motifs is 2. The number of aromatic nitrogens is 2. The predicted molar refractivity (Wildman–Crippen MR) is 84.3 cm³/mol. The van der Waals surface area contributed by atoms with E-state index in [9.17, 15) is 0 Å². The first kappa shape index (κ1) is 14.0. The number of nitrogens with two attached hydrogens (primary N) is 1. The smallest absolute Gasteiger partial charge is 0.190 e. The second kappa shape index (κ2) is 5.20. The zero-order valence-corrected chi connectivity index (χ0v) is 12.5. The molecule has 0 amide bonds. The predicted octanol–water partition coefficient (Wildman–Crippen LogP) is 1.21. The molecule has 2 aliphatic rings. The average Bonchev–Trinajstić information content (AvgIpc) is 3.20. The molecule has 7 heteroatoms. The Bertz CT molecular complexity index is 761. The lowest BCUT2D eigenvalue weighted by Gasteiger charge is -2.25. The van der Waals surface area contributed by atoms with Crippen molar-refractivity contribution in [1.29, 1.82) is 0 Å². The fourth-order valence-electron chi connectivity index (χ4n) is 3.38. The molecule has 2 aromatic rings. The molecule has 1 aromatic heterocycles. The van der Waals surface area contributed by atoms with E-state index in [-0.39, 0.29) is 11.4 Å². The van der Waals surface area contributed by atoms with Crippen molar-refractivity contribution >= 4 is 11.7 Å². The SMILES string of the molecule is N/C(=N\O)c1ccc(N2CCC3(C2)OCc2ccccc23)nn1. The summed E-state index contributed by atoms with van der Waals surface area (Å²) < 4.78 is 6.14. The molecule has 2 aliphatic heterocycles. The molecule has 1 aromatic carbocycles. The highest BCUT2D eigenvalue weighted by Gasteiger charge is 2.45. The lowest BCUT2D eigenvalue weighted by Crippen LogP contribution is -2.31. The number of oxime groups is 1. The summed E-state index contributed by atoms with van der Waals surface area (Å²) in [4.78, 5) is 2.16. The Labute approximate surface area is 133 Å². The Hall–Kier alpha value is -2.67. The molecule has 1 atom stereocenters. The van der Waals surface area contributed by atoms with E-state index in [0.717, 1.165) is 25.3 Å². The first-order valence-corrected chi connectivity index (χ1v) is 7.51. The van der Waals surface area contributed by atoms with E-state index in [4.69, 9.17) is 15.7 Å². The summed E-state index contributed by atoms with van der Waals surface area (Å²) in [5, 5.41) is 19.8. The zero-order chi connectivity index (χ0) is 15.9. The maximum Gasteiger partial charge on any atom is 0.190 e. The highest BCUT2D eigenvalue weighted by atomic mass is 16.5. The molecular weight excluding hydrogens is 294 g/mol. The van der Waals surface area contributed by atoms with Gasteiger partial charge >= 0.3 is 0 Å².